The number of amides is 1. The van der Waals surface area contributed by atoms with Gasteiger partial charge in [0, 0.05) is 59.7 Å². The van der Waals surface area contributed by atoms with Crippen molar-refractivity contribution in [1.82, 2.24) is 14.3 Å². The van der Waals surface area contributed by atoms with E-state index in [1.165, 1.54) is 23.7 Å². The molecular weight excluding hydrogens is 446 g/mol. The van der Waals surface area contributed by atoms with Crippen LogP contribution in [0.15, 0.2) is 42.5 Å². The van der Waals surface area contributed by atoms with Crippen LogP contribution in [0.25, 0.3) is 0 Å². The van der Waals surface area contributed by atoms with E-state index in [-0.39, 0.29) is 11.7 Å². The highest BCUT2D eigenvalue weighted by Crippen LogP contribution is 2.23. The van der Waals surface area contributed by atoms with Gasteiger partial charge in [-0.2, -0.15) is 4.37 Å². The van der Waals surface area contributed by atoms with Crippen molar-refractivity contribution in [2.45, 2.75) is 12.8 Å². The van der Waals surface area contributed by atoms with E-state index < -0.39 is 0 Å². The molecular formula is C21H19Cl2FN4OS. The number of halogens is 3. The van der Waals surface area contributed by atoms with Crippen LogP contribution in [0.2, 0.25) is 10.0 Å². The number of hydrogen-bond acceptors (Lipinski definition) is 5. The Morgan fingerprint density at radius 1 is 1.03 bits per heavy atom. The van der Waals surface area contributed by atoms with Crippen LogP contribution in [-0.2, 0) is 6.42 Å². The maximum absolute atomic E-state index is 13.1. The van der Waals surface area contributed by atoms with Crippen molar-refractivity contribution < 1.29 is 9.18 Å². The first-order valence-electron chi connectivity index (χ1n) is 9.55. The first-order valence-corrected chi connectivity index (χ1v) is 11.1. The summed E-state index contributed by atoms with van der Waals surface area (Å²) < 4.78 is 17.5. The Kier molecular flexibility index (Phi) is 6.51. The summed E-state index contributed by atoms with van der Waals surface area (Å²) in [5, 5.41) is 1.74. The highest BCUT2D eigenvalue weighted by Gasteiger charge is 2.22. The van der Waals surface area contributed by atoms with Gasteiger partial charge in [-0.3, -0.25) is 4.79 Å². The first kappa shape index (κ1) is 21.0. The molecule has 156 valence electrons. The second-order valence-corrected chi connectivity index (χ2v) is 8.69. The van der Waals surface area contributed by atoms with Crippen molar-refractivity contribution in [1.29, 1.82) is 0 Å². The Morgan fingerprint density at radius 3 is 2.50 bits per heavy atom. The minimum Gasteiger partial charge on any atom is -0.345 e. The van der Waals surface area contributed by atoms with Crippen LogP contribution in [0.4, 0.5) is 9.52 Å². The predicted molar refractivity (Wildman–Crippen MR) is 118 cm³/mol. The average Bonchev–Trinajstić information content (AvgIpc) is 3.03. The topological polar surface area (TPSA) is 49.3 Å². The van der Waals surface area contributed by atoms with Crippen LogP contribution in [0.5, 0.6) is 0 Å². The molecule has 2 heterocycles. The molecule has 0 bridgehead atoms. The Morgan fingerprint density at radius 2 is 1.77 bits per heavy atom. The maximum Gasteiger partial charge on any atom is 0.254 e. The van der Waals surface area contributed by atoms with Gasteiger partial charge in [-0.25, -0.2) is 9.37 Å². The highest BCUT2D eigenvalue weighted by molar-refractivity contribution is 7.09. The lowest BCUT2D eigenvalue weighted by Crippen LogP contribution is -2.35. The molecule has 1 saturated heterocycles. The number of carbonyl (C=O) groups is 1. The maximum atomic E-state index is 13.1. The molecule has 1 aliphatic heterocycles. The summed E-state index contributed by atoms with van der Waals surface area (Å²) in [6.45, 7) is 2.70. The third kappa shape index (κ3) is 5.09. The van der Waals surface area contributed by atoms with E-state index in [1.54, 1.807) is 30.3 Å². The lowest BCUT2D eigenvalue weighted by molar-refractivity contribution is 0.0767. The summed E-state index contributed by atoms with van der Waals surface area (Å²) in [5.74, 6) is 0.386. The Bertz CT molecular complexity index is 1020. The van der Waals surface area contributed by atoms with Crippen LogP contribution < -0.4 is 4.90 Å². The van der Waals surface area contributed by atoms with E-state index in [0.29, 0.717) is 47.5 Å². The molecule has 5 nitrogen and oxygen atoms in total. The lowest BCUT2D eigenvalue weighted by Gasteiger charge is -2.21. The van der Waals surface area contributed by atoms with Gasteiger partial charge in [-0.15, -0.1) is 0 Å². The summed E-state index contributed by atoms with van der Waals surface area (Å²) >= 11 is 13.4. The van der Waals surface area contributed by atoms with Crippen molar-refractivity contribution >= 4 is 45.8 Å². The minimum absolute atomic E-state index is 0.0736. The fourth-order valence-corrected chi connectivity index (χ4v) is 4.66. The fraction of sp³-hybridized carbons (Fsp3) is 0.286. The largest absolute Gasteiger partial charge is 0.345 e. The Balaban J connectivity index is 1.40. The molecule has 0 unspecified atom stereocenters. The normalized spacial score (nSPS) is 14.6. The van der Waals surface area contributed by atoms with E-state index in [1.807, 2.05) is 4.90 Å². The summed E-state index contributed by atoms with van der Waals surface area (Å²) in [6.07, 6.45) is 1.39. The third-order valence-corrected chi connectivity index (χ3v) is 6.15. The summed E-state index contributed by atoms with van der Waals surface area (Å²) in [7, 11) is 0. The van der Waals surface area contributed by atoms with Gasteiger partial charge >= 0.3 is 0 Å². The fourth-order valence-electron chi connectivity index (χ4n) is 3.40. The predicted octanol–water partition coefficient (Wildman–Crippen LogP) is 4.93. The van der Waals surface area contributed by atoms with Crippen molar-refractivity contribution in [3.05, 3.63) is 75.3 Å². The van der Waals surface area contributed by atoms with Crippen LogP contribution in [0.3, 0.4) is 0 Å². The molecule has 1 aliphatic rings. The zero-order chi connectivity index (χ0) is 21.1. The van der Waals surface area contributed by atoms with Crippen molar-refractivity contribution in [3.63, 3.8) is 0 Å². The van der Waals surface area contributed by atoms with Crippen LogP contribution in [-0.4, -0.2) is 46.3 Å². The van der Waals surface area contributed by atoms with Crippen molar-refractivity contribution in [2.75, 3.05) is 31.1 Å². The van der Waals surface area contributed by atoms with Gasteiger partial charge in [0.25, 0.3) is 5.91 Å². The number of rotatable bonds is 4. The minimum atomic E-state index is -0.255. The number of carbonyl (C=O) groups excluding carboxylic acids is 1. The van der Waals surface area contributed by atoms with Crippen molar-refractivity contribution in [3.8, 4) is 0 Å². The quantitative estimate of drug-likeness (QED) is 0.549. The third-order valence-electron chi connectivity index (χ3n) is 4.90. The van der Waals surface area contributed by atoms with Crippen LogP contribution in [0.1, 0.15) is 28.2 Å². The smallest absolute Gasteiger partial charge is 0.254 e. The molecule has 1 aromatic heterocycles. The van der Waals surface area contributed by atoms with Gasteiger partial charge in [0.05, 0.1) is 0 Å². The average molecular weight is 465 g/mol. The molecule has 30 heavy (non-hydrogen) atoms. The van der Waals surface area contributed by atoms with E-state index in [9.17, 15) is 9.18 Å². The zero-order valence-electron chi connectivity index (χ0n) is 16.0. The molecule has 0 spiro atoms. The molecule has 1 fully saturated rings. The number of nitrogens with zero attached hydrogens (tertiary/aromatic N) is 4. The second-order valence-electron chi connectivity index (χ2n) is 7.09. The van der Waals surface area contributed by atoms with E-state index >= 15 is 0 Å². The molecule has 0 radical (unpaired) electrons. The summed E-state index contributed by atoms with van der Waals surface area (Å²) in [4.78, 5) is 21.5. The summed E-state index contributed by atoms with van der Waals surface area (Å²) in [6, 6.07) is 11.3. The second kappa shape index (κ2) is 9.29. The zero-order valence-corrected chi connectivity index (χ0v) is 18.4. The van der Waals surface area contributed by atoms with Crippen LogP contribution >= 0.6 is 34.7 Å². The van der Waals surface area contributed by atoms with Gasteiger partial charge in [-0.05, 0) is 42.3 Å². The lowest BCUT2D eigenvalue weighted by atomic mass is 10.1. The molecule has 3 aromatic rings. The molecule has 0 atom stereocenters. The van der Waals surface area contributed by atoms with Crippen molar-refractivity contribution in [2.24, 2.45) is 0 Å². The molecule has 0 saturated carbocycles. The first-order chi connectivity index (χ1) is 14.5. The number of anilines is 1. The van der Waals surface area contributed by atoms with Gasteiger partial charge in [0.1, 0.15) is 11.6 Å². The monoisotopic (exact) mass is 464 g/mol. The highest BCUT2D eigenvalue weighted by atomic mass is 35.5. The summed E-state index contributed by atoms with van der Waals surface area (Å²) in [5.41, 5.74) is 1.46. The van der Waals surface area contributed by atoms with E-state index in [4.69, 9.17) is 23.2 Å². The van der Waals surface area contributed by atoms with E-state index in [2.05, 4.69) is 14.3 Å². The van der Waals surface area contributed by atoms with E-state index in [0.717, 1.165) is 23.7 Å². The molecule has 9 heteroatoms. The van der Waals surface area contributed by atoms with Gasteiger partial charge in [-0.1, -0.05) is 35.3 Å². The number of benzene rings is 2. The number of aromatic nitrogens is 2. The van der Waals surface area contributed by atoms with Gasteiger partial charge in [0.2, 0.25) is 5.13 Å². The molecule has 2 aromatic carbocycles. The number of hydrogen-bond donors (Lipinski definition) is 0. The van der Waals surface area contributed by atoms with Gasteiger partial charge < -0.3 is 9.80 Å². The molecule has 4 rings (SSSR count). The standard InChI is InChI=1S/C21H19Cl2FN4OS/c22-16-11-15(12-17(23)13-16)20(29)27-6-1-7-28(9-8-27)21-25-19(26-30-21)10-14-2-4-18(24)5-3-14/h2-5,11-13H,1,6-10H2. The Labute approximate surface area is 188 Å². The Hall–Kier alpha value is -2.22. The SMILES string of the molecule is O=C(c1cc(Cl)cc(Cl)c1)N1CCCN(c2nc(Cc3ccc(F)cc3)ns2)CC1. The molecule has 1 amide bonds. The van der Waals surface area contributed by atoms with Crippen LogP contribution in [0, 0.1) is 5.82 Å². The molecule has 0 N–H and O–H groups in total. The van der Waals surface area contributed by atoms with Gasteiger partial charge in [0.15, 0.2) is 0 Å². The molecule has 0 aliphatic carbocycles.